The second-order valence-electron chi connectivity index (χ2n) is 3.47. The van der Waals surface area contributed by atoms with E-state index in [1.807, 2.05) is 0 Å². The van der Waals surface area contributed by atoms with Crippen molar-refractivity contribution in [3.05, 3.63) is 20.2 Å². The average molecular weight is 378 g/mol. The third kappa shape index (κ3) is 44.9. The van der Waals surface area contributed by atoms with Gasteiger partial charge in [0.2, 0.25) is 0 Å². The fourth-order valence-corrected chi connectivity index (χ4v) is 0.714. The molecule has 0 aliphatic carbocycles. The van der Waals surface area contributed by atoms with E-state index in [-0.39, 0.29) is 0 Å². The normalized spacial score (nSPS) is 8.56. The topological polar surface area (TPSA) is 296 Å². The molecule has 0 radical (unpaired) electrons. The number of aliphatic carboxylic acids is 4. The first kappa shape index (κ1) is 29.3. The molecule has 0 aromatic rings. The highest BCUT2D eigenvalue weighted by Crippen LogP contribution is 2.15. The number of aliphatic hydroxyl groups is 1. The highest BCUT2D eigenvalue weighted by atomic mass is 16.9. The van der Waals surface area contributed by atoms with E-state index in [4.69, 9.17) is 61.0 Å². The predicted molar refractivity (Wildman–Crippen MR) is 68.0 cm³/mol. The molecule has 0 unspecified atom stereocenters. The molecule has 17 nitrogen and oxygen atoms in total. The summed E-state index contributed by atoms with van der Waals surface area (Å²) in [6.07, 6.45) is -2.29. The lowest BCUT2D eigenvalue weighted by molar-refractivity contribution is -0.742. The second kappa shape index (κ2) is 15.1. The molecule has 0 fully saturated rings. The SMILES string of the molecule is CC(=O)O.O=C(O)CC(O)(CC(=O)O)C(=O)O.O=[N+]([O-])O.O=[N+]([O-])O. The number of carboxylic acids is 4. The van der Waals surface area contributed by atoms with Gasteiger partial charge in [0, 0.05) is 6.92 Å². The number of hydrogen-bond acceptors (Lipinski definition) is 9. The number of hydrogen-bond donors (Lipinski definition) is 7. The van der Waals surface area contributed by atoms with Crippen molar-refractivity contribution in [1.82, 2.24) is 0 Å². The van der Waals surface area contributed by atoms with Crippen LogP contribution in [-0.4, -0.2) is 75.6 Å². The van der Waals surface area contributed by atoms with Crippen molar-refractivity contribution in [2.45, 2.75) is 25.4 Å². The van der Waals surface area contributed by atoms with Crippen LogP contribution < -0.4 is 0 Å². The third-order valence-corrected chi connectivity index (χ3v) is 1.29. The molecule has 0 aliphatic rings. The van der Waals surface area contributed by atoms with Crippen molar-refractivity contribution in [2.24, 2.45) is 0 Å². The Morgan fingerprint density at radius 1 is 0.840 bits per heavy atom. The van der Waals surface area contributed by atoms with Crippen molar-refractivity contribution in [1.29, 1.82) is 0 Å². The van der Waals surface area contributed by atoms with Gasteiger partial charge in [0.1, 0.15) is 0 Å². The molecule has 0 saturated heterocycles. The summed E-state index contributed by atoms with van der Waals surface area (Å²) in [5, 5.41) is 68.5. The molecule has 0 aromatic heterocycles. The summed E-state index contributed by atoms with van der Waals surface area (Å²) in [4.78, 5) is 56.2. The van der Waals surface area contributed by atoms with E-state index in [2.05, 4.69) is 0 Å². The molecule has 7 N–H and O–H groups in total. The van der Waals surface area contributed by atoms with E-state index in [9.17, 15) is 14.4 Å². The van der Waals surface area contributed by atoms with Gasteiger partial charge >= 0.3 is 17.9 Å². The minimum absolute atomic E-state index is 0.833. The van der Waals surface area contributed by atoms with Crippen LogP contribution in [-0.2, 0) is 19.2 Å². The third-order valence-electron chi connectivity index (χ3n) is 1.29. The number of nitrogens with zero attached hydrogens (tertiary/aromatic N) is 2. The van der Waals surface area contributed by atoms with E-state index >= 15 is 0 Å². The van der Waals surface area contributed by atoms with E-state index in [0.29, 0.717) is 0 Å². The maximum Gasteiger partial charge on any atom is 0.336 e. The van der Waals surface area contributed by atoms with Crippen molar-refractivity contribution in [2.75, 3.05) is 0 Å². The maximum atomic E-state index is 10.3. The second-order valence-corrected chi connectivity index (χ2v) is 3.47. The Balaban J connectivity index is -0.000000150. The molecule has 17 heteroatoms. The van der Waals surface area contributed by atoms with Gasteiger partial charge in [-0.3, -0.25) is 14.4 Å². The van der Waals surface area contributed by atoms with Gasteiger partial charge in [-0.2, -0.15) is 0 Å². The summed E-state index contributed by atoms with van der Waals surface area (Å²) < 4.78 is 0. The Kier molecular flexibility index (Phi) is 17.7. The van der Waals surface area contributed by atoms with Crippen LogP contribution in [0, 0.1) is 20.2 Å². The molecule has 0 spiro atoms. The van der Waals surface area contributed by atoms with E-state index in [1.54, 1.807) is 0 Å². The van der Waals surface area contributed by atoms with Crippen LogP contribution in [0.4, 0.5) is 0 Å². The van der Waals surface area contributed by atoms with Gasteiger partial charge in [0.25, 0.3) is 16.1 Å². The van der Waals surface area contributed by atoms with Crippen LogP contribution in [0.5, 0.6) is 0 Å². The Labute approximate surface area is 136 Å². The summed E-state index contributed by atoms with van der Waals surface area (Å²) in [5.41, 5.74) is -2.74. The molecule has 0 aromatic carbocycles. The van der Waals surface area contributed by atoms with Gasteiger partial charge in [-0.15, -0.1) is 20.2 Å². The molecular weight excluding hydrogens is 364 g/mol. The standard InChI is InChI=1S/C6H8O7.C2H4O2.2HNO3/c7-3(8)1-6(13,5(11)12)2-4(9)10;1-2(3)4;2*2-1(3)4/h13H,1-2H2,(H,7,8)(H,9,10)(H,11,12);1H3,(H,3,4);2*(H,2,3,4). The van der Waals surface area contributed by atoms with Crippen molar-refractivity contribution >= 4 is 23.9 Å². The van der Waals surface area contributed by atoms with E-state index < -0.39 is 52.5 Å². The number of rotatable bonds is 5. The van der Waals surface area contributed by atoms with Crippen LogP contribution in [0.25, 0.3) is 0 Å². The quantitative estimate of drug-likeness (QED) is 0.204. The van der Waals surface area contributed by atoms with Gasteiger partial charge < -0.3 is 35.9 Å². The van der Waals surface area contributed by atoms with E-state index in [0.717, 1.165) is 6.92 Å². The van der Waals surface area contributed by atoms with Gasteiger partial charge in [0.15, 0.2) is 5.60 Å². The first-order valence-electron chi connectivity index (χ1n) is 5.23. The van der Waals surface area contributed by atoms with Crippen LogP contribution in [0.15, 0.2) is 0 Å². The average Bonchev–Trinajstić information content (AvgIpc) is 2.22. The molecule has 0 rings (SSSR count). The number of carboxylic acid groups (broad SMARTS) is 4. The Morgan fingerprint density at radius 2 is 1.00 bits per heavy atom. The van der Waals surface area contributed by atoms with Crippen molar-refractivity contribution < 1.29 is 65.3 Å². The van der Waals surface area contributed by atoms with Crippen molar-refractivity contribution in [3.8, 4) is 0 Å². The molecule has 0 amide bonds. The summed E-state index contributed by atoms with van der Waals surface area (Å²) in [5.74, 6) is -5.85. The Hall–Kier alpha value is -3.76. The van der Waals surface area contributed by atoms with E-state index in [1.165, 1.54) is 0 Å². The summed E-state index contributed by atoms with van der Waals surface area (Å²) in [7, 11) is 0. The van der Waals surface area contributed by atoms with Crippen molar-refractivity contribution in [3.63, 3.8) is 0 Å². The molecular formula is C8H14N2O15. The lowest BCUT2D eigenvalue weighted by Crippen LogP contribution is -2.42. The largest absolute Gasteiger partial charge is 0.481 e. The molecule has 0 atom stereocenters. The fraction of sp³-hybridized carbons (Fsp3) is 0.500. The van der Waals surface area contributed by atoms with Gasteiger partial charge in [-0.1, -0.05) is 0 Å². The van der Waals surface area contributed by atoms with Gasteiger partial charge in [-0.05, 0) is 0 Å². The minimum atomic E-state index is -2.74. The first-order chi connectivity index (χ1) is 11.0. The highest BCUT2D eigenvalue weighted by molar-refractivity contribution is 5.88. The van der Waals surface area contributed by atoms with Crippen LogP contribution in [0.3, 0.4) is 0 Å². The zero-order chi connectivity index (χ0) is 21.4. The van der Waals surface area contributed by atoms with Gasteiger partial charge in [0.05, 0.1) is 12.8 Å². The molecule has 0 saturated carbocycles. The molecule has 0 aliphatic heterocycles. The predicted octanol–water partition coefficient (Wildman–Crippen LogP) is -1.85. The summed E-state index contributed by atoms with van der Waals surface area (Å²) >= 11 is 0. The summed E-state index contributed by atoms with van der Waals surface area (Å²) in [6.45, 7) is 1.08. The monoisotopic (exact) mass is 378 g/mol. The Morgan fingerprint density at radius 3 is 1.08 bits per heavy atom. The van der Waals surface area contributed by atoms with Crippen LogP contribution in [0.2, 0.25) is 0 Å². The fourth-order valence-electron chi connectivity index (χ4n) is 0.714. The molecule has 146 valence electrons. The smallest absolute Gasteiger partial charge is 0.336 e. The zero-order valence-corrected chi connectivity index (χ0v) is 12.2. The van der Waals surface area contributed by atoms with Gasteiger partial charge in [-0.25, -0.2) is 4.79 Å². The molecule has 25 heavy (non-hydrogen) atoms. The zero-order valence-electron chi connectivity index (χ0n) is 12.2. The maximum absolute atomic E-state index is 10.3. The lowest BCUT2D eigenvalue weighted by atomic mass is 9.96. The molecule has 0 heterocycles. The summed E-state index contributed by atoms with van der Waals surface area (Å²) in [6, 6.07) is 0. The van der Waals surface area contributed by atoms with Crippen LogP contribution in [0.1, 0.15) is 19.8 Å². The molecule has 0 bridgehead atoms. The first-order valence-corrected chi connectivity index (χ1v) is 5.23. The number of carbonyl (C=O) groups is 4. The van der Waals surface area contributed by atoms with Crippen LogP contribution >= 0.6 is 0 Å². The Bertz CT molecular complexity index is 429. The minimum Gasteiger partial charge on any atom is -0.481 e. The highest BCUT2D eigenvalue weighted by Gasteiger charge is 2.40. The lowest BCUT2D eigenvalue weighted by Gasteiger charge is -2.18.